The minimum Gasteiger partial charge on any atom is -0.471 e. The number of esters is 1. The van der Waals surface area contributed by atoms with E-state index >= 15 is 0 Å². The Morgan fingerprint density at radius 1 is 1.31 bits per heavy atom. The maximum atomic E-state index is 13.3. The molecule has 0 saturated heterocycles. The van der Waals surface area contributed by atoms with Crippen molar-refractivity contribution in [2.75, 3.05) is 0 Å². The van der Waals surface area contributed by atoms with E-state index in [4.69, 9.17) is 9.47 Å². The highest BCUT2D eigenvalue weighted by molar-refractivity contribution is 6.01. The van der Waals surface area contributed by atoms with E-state index in [2.05, 4.69) is 4.99 Å². The highest BCUT2D eigenvalue weighted by Gasteiger charge is 2.37. The van der Waals surface area contributed by atoms with Gasteiger partial charge < -0.3 is 9.47 Å². The zero-order valence-electron chi connectivity index (χ0n) is 13.8. The third-order valence-electron chi connectivity index (χ3n) is 3.85. The van der Waals surface area contributed by atoms with Gasteiger partial charge in [-0.3, -0.25) is 10.1 Å². The lowest BCUT2D eigenvalue weighted by atomic mass is 10.1. The summed E-state index contributed by atoms with van der Waals surface area (Å²) in [6.07, 6.45) is -0.655. The minimum atomic E-state index is -0.946. The molecule has 0 N–H and O–H groups in total. The van der Waals surface area contributed by atoms with Crippen LogP contribution in [-0.4, -0.2) is 28.9 Å². The number of nitro benzene ring substituents is 1. The largest absolute Gasteiger partial charge is 0.471 e. The molecule has 0 saturated carbocycles. The Labute approximate surface area is 148 Å². The average molecular weight is 358 g/mol. The van der Waals surface area contributed by atoms with Gasteiger partial charge in [0.1, 0.15) is 24.1 Å². The molecule has 2 aromatic rings. The normalized spacial score (nSPS) is 18.8. The number of hydrogen-bond acceptors (Lipinski definition) is 6. The van der Waals surface area contributed by atoms with Crippen molar-refractivity contribution in [2.45, 2.75) is 25.7 Å². The topological polar surface area (TPSA) is 91.0 Å². The van der Waals surface area contributed by atoms with E-state index in [0.29, 0.717) is 0 Å². The lowest BCUT2D eigenvalue weighted by Gasteiger charge is -2.12. The number of aliphatic imine (C=N–C) groups is 1. The number of halogens is 1. The van der Waals surface area contributed by atoms with E-state index in [-0.39, 0.29) is 18.1 Å². The molecule has 1 aliphatic rings. The van der Waals surface area contributed by atoms with E-state index in [0.717, 1.165) is 17.7 Å². The first-order valence-electron chi connectivity index (χ1n) is 7.85. The van der Waals surface area contributed by atoms with Gasteiger partial charge in [0.2, 0.25) is 5.90 Å². The van der Waals surface area contributed by atoms with Crippen LogP contribution >= 0.6 is 0 Å². The standard InChI is InChI=1S/C18H15FN2O5/c1-11-16(18(22)25-10-12-5-3-2-4-6-12)20-17(26-11)14-8-7-13(19)9-15(14)21(23)24/h2-9,11,16H,10H2,1H3/t11-,16-/m0/s1. The summed E-state index contributed by atoms with van der Waals surface area (Å²) in [5.74, 6) is -1.42. The van der Waals surface area contributed by atoms with E-state index in [1.807, 2.05) is 30.3 Å². The quantitative estimate of drug-likeness (QED) is 0.465. The van der Waals surface area contributed by atoms with Crippen LogP contribution in [0.3, 0.4) is 0 Å². The Hall–Kier alpha value is -3.29. The van der Waals surface area contributed by atoms with Crippen molar-refractivity contribution < 1.29 is 23.6 Å². The highest BCUT2D eigenvalue weighted by Crippen LogP contribution is 2.26. The molecule has 134 valence electrons. The van der Waals surface area contributed by atoms with Crippen LogP contribution in [0.4, 0.5) is 10.1 Å². The summed E-state index contributed by atoms with van der Waals surface area (Å²) in [5, 5.41) is 11.1. The summed E-state index contributed by atoms with van der Waals surface area (Å²) in [7, 11) is 0. The zero-order valence-corrected chi connectivity index (χ0v) is 13.8. The van der Waals surface area contributed by atoms with Crippen molar-refractivity contribution >= 4 is 17.6 Å². The Morgan fingerprint density at radius 2 is 2.04 bits per heavy atom. The van der Waals surface area contributed by atoms with Gasteiger partial charge in [-0.2, -0.15) is 0 Å². The van der Waals surface area contributed by atoms with Gasteiger partial charge in [0.05, 0.1) is 11.0 Å². The third kappa shape index (κ3) is 3.69. The number of rotatable bonds is 5. The molecule has 2 aromatic carbocycles. The first-order valence-corrected chi connectivity index (χ1v) is 7.85. The van der Waals surface area contributed by atoms with Gasteiger partial charge in [0.15, 0.2) is 6.04 Å². The van der Waals surface area contributed by atoms with Crippen LogP contribution in [0.25, 0.3) is 0 Å². The lowest BCUT2D eigenvalue weighted by Crippen LogP contribution is -2.29. The number of nitro groups is 1. The second-order valence-electron chi connectivity index (χ2n) is 5.71. The average Bonchev–Trinajstić information content (AvgIpc) is 3.02. The van der Waals surface area contributed by atoms with Crippen LogP contribution in [0, 0.1) is 15.9 Å². The molecule has 26 heavy (non-hydrogen) atoms. The van der Waals surface area contributed by atoms with Crippen molar-refractivity contribution in [2.24, 2.45) is 4.99 Å². The Kier molecular flexibility index (Phi) is 4.92. The molecule has 0 aromatic heterocycles. The molecule has 0 fully saturated rings. The summed E-state index contributed by atoms with van der Waals surface area (Å²) in [4.78, 5) is 26.8. The SMILES string of the molecule is C[C@@H]1OC(c2ccc(F)cc2[N+](=O)[O-])=N[C@@H]1C(=O)OCc1ccccc1. The lowest BCUT2D eigenvalue weighted by molar-refractivity contribution is -0.385. The molecule has 0 bridgehead atoms. The van der Waals surface area contributed by atoms with Crippen molar-refractivity contribution in [1.29, 1.82) is 0 Å². The first-order chi connectivity index (χ1) is 12.5. The van der Waals surface area contributed by atoms with E-state index < -0.39 is 34.5 Å². The number of ether oxygens (including phenoxy) is 2. The van der Waals surface area contributed by atoms with Gasteiger partial charge >= 0.3 is 5.97 Å². The summed E-state index contributed by atoms with van der Waals surface area (Å²) in [6.45, 7) is 1.70. The van der Waals surface area contributed by atoms with Gasteiger partial charge in [-0.05, 0) is 24.6 Å². The van der Waals surface area contributed by atoms with Gasteiger partial charge in [0.25, 0.3) is 5.69 Å². The van der Waals surface area contributed by atoms with Gasteiger partial charge in [-0.25, -0.2) is 14.2 Å². The monoisotopic (exact) mass is 358 g/mol. The number of nitrogens with zero attached hydrogens (tertiary/aromatic N) is 2. The number of carbonyl (C=O) groups is 1. The molecule has 1 aliphatic heterocycles. The summed E-state index contributed by atoms with van der Waals surface area (Å²) in [5.41, 5.74) is 0.363. The molecule has 0 radical (unpaired) electrons. The van der Waals surface area contributed by atoms with Crippen LogP contribution in [0.1, 0.15) is 18.1 Å². The molecule has 1 heterocycles. The molecule has 8 heteroatoms. The van der Waals surface area contributed by atoms with Crippen molar-refractivity contribution in [1.82, 2.24) is 0 Å². The smallest absolute Gasteiger partial charge is 0.335 e. The fraction of sp³-hybridized carbons (Fsp3) is 0.222. The van der Waals surface area contributed by atoms with E-state index in [1.165, 1.54) is 6.07 Å². The van der Waals surface area contributed by atoms with Gasteiger partial charge in [-0.15, -0.1) is 0 Å². The van der Waals surface area contributed by atoms with E-state index in [9.17, 15) is 19.3 Å². The maximum absolute atomic E-state index is 13.3. The summed E-state index contributed by atoms with van der Waals surface area (Å²) < 4.78 is 24.0. The van der Waals surface area contributed by atoms with Gasteiger partial charge in [0, 0.05) is 0 Å². The number of carbonyl (C=O) groups excluding carboxylic acids is 1. The molecular formula is C18H15FN2O5. The van der Waals surface area contributed by atoms with Gasteiger partial charge in [-0.1, -0.05) is 30.3 Å². The van der Waals surface area contributed by atoms with Crippen molar-refractivity contribution in [3.63, 3.8) is 0 Å². The molecule has 3 rings (SSSR count). The number of hydrogen-bond donors (Lipinski definition) is 0. The maximum Gasteiger partial charge on any atom is 0.335 e. The van der Waals surface area contributed by atoms with Crippen LogP contribution < -0.4 is 0 Å². The Balaban J connectivity index is 1.78. The van der Waals surface area contributed by atoms with Crippen LogP contribution in [0.15, 0.2) is 53.5 Å². The summed E-state index contributed by atoms with van der Waals surface area (Å²) >= 11 is 0. The number of benzene rings is 2. The molecule has 0 spiro atoms. The van der Waals surface area contributed by atoms with Crippen LogP contribution in [-0.2, 0) is 20.9 Å². The first kappa shape index (κ1) is 17.5. The molecule has 0 amide bonds. The molecule has 0 aliphatic carbocycles. The zero-order chi connectivity index (χ0) is 18.7. The van der Waals surface area contributed by atoms with Crippen molar-refractivity contribution in [3.8, 4) is 0 Å². The van der Waals surface area contributed by atoms with E-state index in [1.54, 1.807) is 6.92 Å². The Morgan fingerprint density at radius 3 is 2.73 bits per heavy atom. The van der Waals surface area contributed by atoms with Crippen molar-refractivity contribution in [3.05, 3.63) is 75.6 Å². The Bertz CT molecular complexity index is 869. The third-order valence-corrected chi connectivity index (χ3v) is 3.85. The second kappa shape index (κ2) is 7.30. The van der Waals surface area contributed by atoms with Crippen LogP contribution in [0.5, 0.6) is 0 Å². The predicted octanol–water partition coefficient (Wildman–Crippen LogP) is 3.01. The highest BCUT2D eigenvalue weighted by atomic mass is 19.1. The molecule has 2 atom stereocenters. The molecular weight excluding hydrogens is 343 g/mol. The fourth-order valence-corrected chi connectivity index (χ4v) is 2.53. The fourth-order valence-electron chi connectivity index (χ4n) is 2.53. The molecule has 0 unspecified atom stereocenters. The predicted molar refractivity (Wildman–Crippen MR) is 90.2 cm³/mol. The molecule has 7 nitrogen and oxygen atoms in total. The second-order valence-corrected chi connectivity index (χ2v) is 5.71. The minimum absolute atomic E-state index is 0.0154. The van der Waals surface area contributed by atoms with Crippen LogP contribution in [0.2, 0.25) is 0 Å². The summed E-state index contributed by atoms with van der Waals surface area (Å²) in [6, 6.07) is 11.3.